The molecule has 0 aromatic heterocycles. The Morgan fingerprint density at radius 2 is 2.00 bits per heavy atom. The summed E-state index contributed by atoms with van der Waals surface area (Å²) in [4.78, 5) is 0. The van der Waals surface area contributed by atoms with Crippen molar-refractivity contribution in [3.8, 4) is 5.75 Å². The van der Waals surface area contributed by atoms with Gasteiger partial charge in [0, 0.05) is 17.6 Å². The maximum Gasteiger partial charge on any atom is 0.119 e. The van der Waals surface area contributed by atoms with Crippen molar-refractivity contribution in [1.29, 1.82) is 0 Å². The molecule has 0 amide bonds. The molecule has 0 aliphatic carbocycles. The molecule has 2 rings (SSSR count). The van der Waals surface area contributed by atoms with E-state index in [1.54, 1.807) is 7.11 Å². The van der Waals surface area contributed by atoms with Gasteiger partial charge in [-0.1, -0.05) is 35.9 Å². The predicted octanol–water partition coefficient (Wildman–Crippen LogP) is 4.51. The van der Waals surface area contributed by atoms with Gasteiger partial charge in [0.1, 0.15) is 5.75 Å². The Labute approximate surface area is 125 Å². The third-order valence-electron chi connectivity index (χ3n) is 3.44. The minimum Gasteiger partial charge on any atom is -0.497 e. The van der Waals surface area contributed by atoms with Crippen LogP contribution in [0.1, 0.15) is 29.7 Å². The molecule has 1 atom stereocenters. The Bertz CT molecular complexity index is 583. The Kier molecular flexibility index (Phi) is 5.05. The summed E-state index contributed by atoms with van der Waals surface area (Å²) in [7, 11) is 1.69. The number of hydrogen-bond acceptors (Lipinski definition) is 2. The highest BCUT2D eigenvalue weighted by atomic mass is 35.5. The monoisotopic (exact) mass is 289 g/mol. The third-order valence-corrected chi connectivity index (χ3v) is 3.85. The summed E-state index contributed by atoms with van der Waals surface area (Å²) in [5, 5.41) is 4.32. The van der Waals surface area contributed by atoms with E-state index in [1.165, 1.54) is 11.1 Å². The zero-order valence-electron chi connectivity index (χ0n) is 12.1. The number of benzene rings is 2. The summed E-state index contributed by atoms with van der Waals surface area (Å²) < 4.78 is 5.25. The van der Waals surface area contributed by atoms with E-state index in [0.29, 0.717) is 0 Å². The molecule has 0 fully saturated rings. The molecule has 0 bridgehead atoms. The van der Waals surface area contributed by atoms with Gasteiger partial charge in [0.2, 0.25) is 0 Å². The van der Waals surface area contributed by atoms with Crippen LogP contribution in [0.25, 0.3) is 0 Å². The topological polar surface area (TPSA) is 21.3 Å². The van der Waals surface area contributed by atoms with Crippen molar-refractivity contribution in [2.24, 2.45) is 0 Å². The van der Waals surface area contributed by atoms with E-state index in [9.17, 15) is 0 Å². The van der Waals surface area contributed by atoms with E-state index < -0.39 is 0 Å². The first kappa shape index (κ1) is 14.9. The zero-order valence-corrected chi connectivity index (χ0v) is 12.9. The largest absolute Gasteiger partial charge is 0.497 e. The van der Waals surface area contributed by atoms with Crippen LogP contribution in [0.15, 0.2) is 42.5 Å². The van der Waals surface area contributed by atoms with Crippen molar-refractivity contribution < 1.29 is 4.74 Å². The predicted molar refractivity (Wildman–Crippen MR) is 84.4 cm³/mol. The molecule has 0 heterocycles. The lowest BCUT2D eigenvalue weighted by Crippen LogP contribution is -2.18. The molecule has 0 aliphatic rings. The molecule has 3 heteroatoms. The molecule has 0 radical (unpaired) electrons. The fourth-order valence-electron chi connectivity index (χ4n) is 2.05. The second-order valence-corrected chi connectivity index (χ2v) is 5.37. The van der Waals surface area contributed by atoms with E-state index >= 15 is 0 Å². The first-order valence-electron chi connectivity index (χ1n) is 6.72. The normalized spacial score (nSPS) is 12.2. The van der Waals surface area contributed by atoms with Crippen LogP contribution in [0.2, 0.25) is 5.02 Å². The van der Waals surface area contributed by atoms with Crippen LogP contribution in [-0.4, -0.2) is 7.11 Å². The molecule has 2 aromatic rings. The van der Waals surface area contributed by atoms with Crippen LogP contribution in [0.4, 0.5) is 0 Å². The average molecular weight is 290 g/mol. The highest BCUT2D eigenvalue weighted by Crippen LogP contribution is 2.20. The molecular weight excluding hydrogens is 270 g/mol. The summed E-state index contributed by atoms with van der Waals surface area (Å²) in [5.41, 5.74) is 3.51. The Balaban J connectivity index is 2.00. The number of ether oxygens (including phenoxy) is 1. The third kappa shape index (κ3) is 3.75. The number of aryl methyl sites for hydroxylation is 1. The first-order chi connectivity index (χ1) is 9.60. The molecule has 1 unspecified atom stereocenters. The minimum absolute atomic E-state index is 0.255. The van der Waals surface area contributed by atoms with Gasteiger partial charge in [0.25, 0.3) is 0 Å². The van der Waals surface area contributed by atoms with E-state index in [4.69, 9.17) is 16.3 Å². The standard InChI is InChI=1S/C17H20ClNO/c1-12-7-8-14(9-17(12)18)11-19-13(2)15-5-4-6-16(10-15)20-3/h4-10,13,19H,11H2,1-3H3. The number of rotatable bonds is 5. The maximum atomic E-state index is 6.14. The molecule has 20 heavy (non-hydrogen) atoms. The molecule has 106 valence electrons. The lowest BCUT2D eigenvalue weighted by molar-refractivity contribution is 0.413. The highest BCUT2D eigenvalue weighted by molar-refractivity contribution is 6.31. The number of methoxy groups -OCH3 is 1. The van der Waals surface area contributed by atoms with E-state index in [0.717, 1.165) is 22.9 Å². The second-order valence-electron chi connectivity index (χ2n) is 4.96. The summed E-state index contributed by atoms with van der Waals surface area (Å²) in [5.74, 6) is 0.884. The smallest absolute Gasteiger partial charge is 0.119 e. The van der Waals surface area contributed by atoms with Gasteiger partial charge in [-0.05, 0) is 48.7 Å². The van der Waals surface area contributed by atoms with Crippen LogP contribution in [0.5, 0.6) is 5.75 Å². The van der Waals surface area contributed by atoms with Crippen molar-refractivity contribution in [2.45, 2.75) is 26.4 Å². The van der Waals surface area contributed by atoms with Gasteiger partial charge in [-0.3, -0.25) is 0 Å². The molecule has 2 aromatic carbocycles. The minimum atomic E-state index is 0.255. The van der Waals surface area contributed by atoms with Crippen molar-refractivity contribution in [2.75, 3.05) is 7.11 Å². The lowest BCUT2D eigenvalue weighted by Gasteiger charge is -2.15. The first-order valence-corrected chi connectivity index (χ1v) is 7.10. The van der Waals surface area contributed by atoms with Gasteiger partial charge < -0.3 is 10.1 Å². The zero-order chi connectivity index (χ0) is 14.5. The van der Waals surface area contributed by atoms with Crippen LogP contribution < -0.4 is 10.1 Å². The van der Waals surface area contributed by atoms with Gasteiger partial charge in [0.05, 0.1) is 7.11 Å². The van der Waals surface area contributed by atoms with E-state index in [2.05, 4.69) is 36.5 Å². The Morgan fingerprint density at radius 1 is 1.20 bits per heavy atom. The van der Waals surface area contributed by atoms with Gasteiger partial charge in [-0.2, -0.15) is 0 Å². The number of halogens is 1. The second kappa shape index (κ2) is 6.78. The molecule has 2 nitrogen and oxygen atoms in total. The van der Waals surface area contributed by atoms with Gasteiger partial charge in [-0.15, -0.1) is 0 Å². The molecule has 0 spiro atoms. The number of hydrogen-bond donors (Lipinski definition) is 1. The summed E-state index contributed by atoms with van der Waals surface area (Å²) in [6.07, 6.45) is 0. The fraction of sp³-hybridized carbons (Fsp3) is 0.294. The van der Waals surface area contributed by atoms with Gasteiger partial charge >= 0.3 is 0 Å². The van der Waals surface area contributed by atoms with Crippen LogP contribution in [0, 0.1) is 6.92 Å². The Hall–Kier alpha value is -1.51. The Morgan fingerprint density at radius 3 is 2.70 bits per heavy atom. The van der Waals surface area contributed by atoms with Gasteiger partial charge in [-0.25, -0.2) is 0 Å². The number of nitrogens with one attached hydrogen (secondary N) is 1. The average Bonchev–Trinajstić information content (AvgIpc) is 2.48. The van der Waals surface area contributed by atoms with Crippen molar-refractivity contribution in [3.05, 3.63) is 64.2 Å². The SMILES string of the molecule is COc1cccc(C(C)NCc2ccc(C)c(Cl)c2)c1. The van der Waals surface area contributed by atoms with Crippen LogP contribution in [0.3, 0.4) is 0 Å². The van der Waals surface area contributed by atoms with E-state index in [1.807, 2.05) is 25.1 Å². The highest BCUT2D eigenvalue weighted by Gasteiger charge is 2.06. The summed E-state index contributed by atoms with van der Waals surface area (Å²) >= 11 is 6.14. The molecule has 0 saturated heterocycles. The van der Waals surface area contributed by atoms with Gasteiger partial charge in [0.15, 0.2) is 0 Å². The van der Waals surface area contributed by atoms with Crippen LogP contribution >= 0.6 is 11.6 Å². The molecule has 1 N–H and O–H groups in total. The lowest BCUT2D eigenvalue weighted by atomic mass is 10.1. The summed E-state index contributed by atoms with van der Waals surface area (Å²) in [6, 6.07) is 14.5. The summed E-state index contributed by atoms with van der Waals surface area (Å²) in [6.45, 7) is 4.95. The van der Waals surface area contributed by atoms with Crippen LogP contribution in [-0.2, 0) is 6.54 Å². The van der Waals surface area contributed by atoms with Crippen molar-refractivity contribution in [3.63, 3.8) is 0 Å². The maximum absolute atomic E-state index is 6.14. The van der Waals surface area contributed by atoms with Crippen molar-refractivity contribution >= 4 is 11.6 Å². The quantitative estimate of drug-likeness (QED) is 0.874. The molecule has 0 aliphatic heterocycles. The fourth-order valence-corrected chi connectivity index (χ4v) is 2.25. The van der Waals surface area contributed by atoms with E-state index in [-0.39, 0.29) is 6.04 Å². The molecule has 0 saturated carbocycles. The van der Waals surface area contributed by atoms with Crippen molar-refractivity contribution in [1.82, 2.24) is 5.32 Å². The molecular formula is C17H20ClNO.